The molecule has 1 N–H and O–H groups in total. The molecule has 0 aliphatic carbocycles. The number of amides is 1. The van der Waals surface area contributed by atoms with Crippen LogP contribution in [0, 0.1) is 0 Å². The maximum atomic E-state index is 13.6. The van der Waals surface area contributed by atoms with Crippen molar-refractivity contribution in [3.05, 3.63) is 82.9 Å². The first kappa shape index (κ1) is 28.6. The number of methoxy groups -OCH3 is 1. The molecule has 3 aromatic carbocycles. The van der Waals surface area contributed by atoms with Crippen molar-refractivity contribution >= 4 is 33.2 Å². The van der Waals surface area contributed by atoms with Crippen LogP contribution in [0.25, 0.3) is 0 Å². The van der Waals surface area contributed by atoms with Crippen LogP contribution < -0.4 is 19.1 Å². The minimum absolute atomic E-state index is 0.214. The Hall–Kier alpha value is -3.44. The summed E-state index contributed by atoms with van der Waals surface area (Å²) in [6.07, 6.45) is -4.42. The lowest BCUT2D eigenvalue weighted by atomic mass is 9.89. The molecule has 208 valence electrons. The van der Waals surface area contributed by atoms with Gasteiger partial charge in [-0.2, -0.15) is 13.2 Å². The summed E-state index contributed by atoms with van der Waals surface area (Å²) in [6.45, 7) is 2.86. The number of carbonyl (C=O) groups is 1. The van der Waals surface area contributed by atoms with Crippen LogP contribution in [0.3, 0.4) is 0 Å². The molecule has 1 aliphatic rings. The van der Waals surface area contributed by atoms with E-state index in [4.69, 9.17) is 21.1 Å². The molecule has 0 radical (unpaired) electrons. The Morgan fingerprint density at radius 1 is 1.13 bits per heavy atom. The monoisotopic (exact) mass is 582 g/mol. The Morgan fingerprint density at radius 2 is 1.82 bits per heavy atom. The van der Waals surface area contributed by atoms with Gasteiger partial charge in [0.15, 0.2) is 0 Å². The number of halogens is 4. The Balaban J connectivity index is 1.73. The van der Waals surface area contributed by atoms with E-state index < -0.39 is 51.5 Å². The van der Waals surface area contributed by atoms with Crippen LogP contribution in [0.4, 0.5) is 18.9 Å². The van der Waals surface area contributed by atoms with Crippen LogP contribution in [0.1, 0.15) is 37.4 Å². The van der Waals surface area contributed by atoms with E-state index in [1.54, 1.807) is 24.3 Å². The van der Waals surface area contributed by atoms with Gasteiger partial charge in [0.25, 0.3) is 10.0 Å². The van der Waals surface area contributed by atoms with E-state index in [1.807, 2.05) is 13.8 Å². The van der Waals surface area contributed by atoms with Gasteiger partial charge in [-0.15, -0.1) is 0 Å². The van der Waals surface area contributed by atoms with Crippen molar-refractivity contribution in [2.75, 3.05) is 18.0 Å². The van der Waals surface area contributed by atoms with E-state index in [9.17, 15) is 26.4 Å². The Morgan fingerprint density at radius 3 is 2.46 bits per heavy atom. The minimum Gasteiger partial charge on any atom is -0.497 e. The SMILES string of the molecule is COc1ccc2c(c1)C(NC(=O)CN(c1cc(C(F)(F)F)ccc1Cl)S(=O)(=O)c1ccccc1)CC(C)(C)O2. The molecule has 1 aliphatic heterocycles. The summed E-state index contributed by atoms with van der Waals surface area (Å²) in [6, 6.07) is 13.9. The number of anilines is 1. The highest BCUT2D eigenvalue weighted by Gasteiger charge is 2.37. The van der Waals surface area contributed by atoms with Gasteiger partial charge >= 0.3 is 6.18 Å². The van der Waals surface area contributed by atoms with Gasteiger partial charge < -0.3 is 14.8 Å². The zero-order valence-corrected chi connectivity index (χ0v) is 22.8. The average molecular weight is 583 g/mol. The first-order valence-corrected chi connectivity index (χ1v) is 13.6. The van der Waals surface area contributed by atoms with Gasteiger partial charge in [0.2, 0.25) is 5.91 Å². The van der Waals surface area contributed by atoms with Crippen LogP contribution in [0.5, 0.6) is 11.5 Å². The van der Waals surface area contributed by atoms with Crippen LogP contribution in [0.2, 0.25) is 5.02 Å². The first-order valence-electron chi connectivity index (χ1n) is 11.8. The molecule has 0 saturated carbocycles. The molecule has 0 fully saturated rings. The normalized spacial score (nSPS) is 16.5. The second kappa shape index (κ2) is 10.6. The number of hydrogen-bond acceptors (Lipinski definition) is 5. The minimum atomic E-state index is -4.76. The summed E-state index contributed by atoms with van der Waals surface area (Å²) in [4.78, 5) is 13.2. The largest absolute Gasteiger partial charge is 0.497 e. The van der Waals surface area contributed by atoms with Gasteiger partial charge in [0, 0.05) is 12.0 Å². The van der Waals surface area contributed by atoms with Gasteiger partial charge in [0.05, 0.1) is 34.3 Å². The van der Waals surface area contributed by atoms with E-state index in [-0.39, 0.29) is 9.92 Å². The predicted octanol–water partition coefficient (Wildman–Crippen LogP) is 5.98. The molecule has 1 heterocycles. The lowest BCUT2D eigenvalue weighted by Gasteiger charge is -2.38. The van der Waals surface area contributed by atoms with E-state index in [2.05, 4.69) is 5.32 Å². The summed E-state index contributed by atoms with van der Waals surface area (Å²) < 4.78 is 79.7. The topological polar surface area (TPSA) is 84.9 Å². The van der Waals surface area contributed by atoms with E-state index in [1.165, 1.54) is 31.4 Å². The maximum Gasteiger partial charge on any atom is 0.416 e. The summed E-state index contributed by atoms with van der Waals surface area (Å²) >= 11 is 6.21. The Kier molecular flexibility index (Phi) is 7.77. The van der Waals surface area contributed by atoms with Crippen molar-refractivity contribution < 1.29 is 35.9 Å². The number of fused-ring (bicyclic) bond motifs is 1. The molecular weight excluding hydrogens is 557 g/mol. The second-order valence-electron chi connectivity index (χ2n) is 9.58. The van der Waals surface area contributed by atoms with Crippen molar-refractivity contribution in [1.82, 2.24) is 5.32 Å². The number of carbonyl (C=O) groups excluding carboxylic acids is 1. The number of benzene rings is 3. The average Bonchev–Trinajstić information content (AvgIpc) is 2.86. The van der Waals surface area contributed by atoms with Crippen molar-refractivity contribution in [3.8, 4) is 11.5 Å². The lowest BCUT2D eigenvalue weighted by molar-refractivity contribution is -0.137. The van der Waals surface area contributed by atoms with Gasteiger partial charge in [-0.05, 0) is 62.4 Å². The molecule has 0 aromatic heterocycles. The predicted molar refractivity (Wildman–Crippen MR) is 141 cm³/mol. The summed E-state index contributed by atoms with van der Waals surface area (Å²) in [5.74, 6) is 0.298. The summed E-state index contributed by atoms with van der Waals surface area (Å²) in [5, 5.41) is 2.56. The van der Waals surface area contributed by atoms with E-state index in [0.717, 1.165) is 12.1 Å². The van der Waals surface area contributed by atoms with Gasteiger partial charge in [-0.25, -0.2) is 8.42 Å². The molecule has 0 bridgehead atoms. The van der Waals surface area contributed by atoms with Gasteiger partial charge in [-0.1, -0.05) is 29.8 Å². The molecule has 1 unspecified atom stereocenters. The number of nitrogens with zero attached hydrogens (tertiary/aromatic N) is 1. The van der Waals surface area contributed by atoms with Gasteiger partial charge in [0.1, 0.15) is 23.6 Å². The van der Waals surface area contributed by atoms with Crippen LogP contribution in [0.15, 0.2) is 71.6 Å². The molecule has 3 aromatic rings. The zero-order chi connectivity index (χ0) is 28.6. The van der Waals surface area contributed by atoms with Crippen molar-refractivity contribution in [3.63, 3.8) is 0 Å². The molecule has 0 spiro atoms. The second-order valence-corrected chi connectivity index (χ2v) is 11.8. The first-order chi connectivity index (χ1) is 18.2. The molecule has 7 nitrogen and oxygen atoms in total. The molecule has 4 rings (SSSR count). The number of nitrogens with one attached hydrogen (secondary N) is 1. The fraction of sp³-hybridized carbons (Fsp3) is 0.296. The van der Waals surface area contributed by atoms with Crippen molar-refractivity contribution in [1.29, 1.82) is 0 Å². The summed E-state index contributed by atoms with van der Waals surface area (Å²) in [7, 11) is -3.00. The van der Waals surface area contributed by atoms with Crippen molar-refractivity contribution in [2.45, 2.75) is 43.0 Å². The standard InChI is InChI=1S/C27H26ClF3N2O5S/c1-26(2)15-22(20-14-18(37-3)10-12-24(20)38-26)32-25(34)16-33(39(35,36)19-7-5-4-6-8-19)23-13-17(27(29,30)31)9-11-21(23)28/h4-14,22H,15-16H2,1-3H3,(H,32,34). The smallest absolute Gasteiger partial charge is 0.416 e. The quantitative estimate of drug-likeness (QED) is 0.370. The highest BCUT2D eigenvalue weighted by molar-refractivity contribution is 7.92. The number of rotatable bonds is 7. The van der Waals surface area contributed by atoms with Crippen LogP contribution in [-0.4, -0.2) is 33.6 Å². The number of alkyl halides is 3. The molecular formula is C27H26ClF3N2O5S. The zero-order valence-electron chi connectivity index (χ0n) is 21.3. The highest BCUT2D eigenvalue weighted by atomic mass is 35.5. The molecule has 1 atom stereocenters. The van der Waals surface area contributed by atoms with E-state index in [0.29, 0.717) is 33.9 Å². The van der Waals surface area contributed by atoms with E-state index >= 15 is 0 Å². The fourth-order valence-electron chi connectivity index (χ4n) is 4.36. The number of hydrogen-bond donors (Lipinski definition) is 1. The highest BCUT2D eigenvalue weighted by Crippen LogP contribution is 2.41. The number of ether oxygens (including phenoxy) is 2. The third-order valence-electron chi connectivity index (χ3n) is 6.17. The van der Waals surface area contributed by atoms with Crippen molar-refractivity contribution in [2.24, 2.45) is 0 Å². The third-order valence-corrected chi connectivity index (χ3v) is 8.26. The van der Waals surface area contributed by atoms with Gasteiger partial charge in [-0.3, -0.25) is 9.10 Å². The summed E-state index contributed by atoms with van der Waals surface area (Å²) in [5.41, 5.74) is -1.63. The Labute approximate surface area is 229 Å². The third kappa shape index (κ3) is 6.25. The Bertz CT molecular complexity index is 1480. The van der Waals surface area contributed by atoms with Crippen LogP contribution in [-0.2, 0) is 21.0 Å². The number of sulfonamides is 1. The molecule has 0 saturated heterocycles. The fourth-order valence-corrected chi connectivity index (χ4v) is 6.08. The maximum absolute atomic E-state index is 13.6. The van der Waals surface area contributed by atoms with Crippen LogP contribution >= 0.6 is 11.6 Å². The molecule has 1 amide bonds. The lowest BCUT2D eigenvalue weighted by Crippen LogP contribution is -2.45. The molecule has 39 heavy (non-hydrogen) atoms. The molecule has 12 heteroatoms.